The zero-order valence-corrected chi connectivity index (χ0v) is 11.9. The SMILES string of the molecule is CCCCCC[C@H](Nc1nccc(N)c1N)[C@@H](C)O. The molecule has 0 unspecified atom stereocenters. The first-order valence-corrected chi connectivity index (χ1v) is 7.00. The molecule has 2 atom stereocenters. The molecule has 0 radical (unpaired) electrons. The van der Waals surface area contributed by atoms with Crippen LogP contribution < -0.4 is 16.8 Å². The van der Waals surface area contributed by atoms with Crippen LogP contribution in [0.15, 0.2) is 12.3 Å². The van der Waals surface area contributed by atoms with Crippen LogP contribution in [0.2, 0.25) is 0 Å². The third-order valence-corrected chi connectivity index (χ3v) is 3.30. The summed E-state index contributed by atoms with van der Waals surface area (Å²) < 4.78 is 0. The number of rotatable bonds is 8. The molecule has 19 heavy (non-hydrogen) atoms. The number of hydrogen-bond acceptors (Lipinski definition) is 5. The Morgan fingerprint density at radius 3 is 2.68 bits per heavy atom. The Labute approximate surface area is 115 Å². The smallest absolute Gasteiger partial charge is 0.151 e. The van der Waals surface area contributed by atoms with Gasteiger partial charge in [0, 0.05) is 6.20 Å². The van der Waals surface area contributed by atoms with Crippen molar-refractivity contribution in [2.45, 2.75) is 58.1 Å². The number of pyridine rings is 1. The van der Waals surface area contributed by atoms with Crippen LogP contribution in [0, 0.1) is 0 Å². The summed E-state index contributed by atoms with van der Waals surface area (Å²) >= 11 is 0. The van der Waals surface area contributed by atoms with Crippen molar-refractivity contribution in [3.8, 4) is 0 Å². The first kappa shape index (κ1) is 15.6. The van der Waals surface area contributed by atoms with Crippen LogP contribution in [0.1, 0.15) is 46.0 Å². The molecule has 0 aliphatic rings. The maximum Gasteiger partial charge on any atom is 0.151 e. The minimum absolute atomic E-state index is 0.0477. The lowest BCUT2D eigenvalue weighted by molar-refractivity contribution is 0.165. The van der Waals surface area contributed by atoms with Crippen LogP contribution >= 0.6 is 0 Å². The summed E-state index contributed by atoms with van der Waals surface area (Å²) in [5, 5.41) is 13.0. The number of nitrogens with one attached hydrogen (secondary N) is 1. The molecule has 0 aliphatic carbocycles. The molecule has 1 aromatic heterocycles. The van der Waals surface area contributed by atoms with E-state index in [9.17, 15) is 5.11 Å². The van der Waals surface area contributed by atoms with Crippen molar-refractivity contribution >= 4 is 17.2 Å². The lowest BCUT2D eigenvalue weighted by Gasteiger charge is -2.23. The Balaban J connectivity index is 2.60. The van der Waals surface area contributed by atoms with E-state index in [0.29, 0.717) is 17.2 Å². The second-order valence-corrected chi connectivity index (χ2v) is 5.00. The Hall–Kier alpha value is -1.49. The third-order valence-electron chi connectivity index (χ3n) is 3.30. The van der Waals surface area contributed by atoms with Gasteiger partial charge < -0.3 is 21.9 Å². The van der Waals surface area contributed by atoms with Gasteiger partial charge in [0.05, 0.1) is 23.5 Å². The standard InChI is InChI=1S/C14H26N4O/c1-3-4-5-6-7-12(10(2)19)18-14-13(16)11(15)8-9-17-14/h8-10,12,19H,3-7,16H2,1-2H3,(H3,15,17,18)/t10-,12+/m1/s1. The van der Waals surface area contributed by atoms with Gasteiger partial charge in [-0.1, -0.05) is 32.6 Å². The zero-order chi connectivity index (χ0) is 14.3. The molecule has 5 nitrogen and oxygen atoms in total. The van der Waals surface area contributed by atoms with Crippen LogP contribution in [0.3, 0.4) is 0 Å². The molecule has 0 saturated carbocycles. The fourth-order valence-corrected chi connectivity index (χ4v) is 2.00. The highest BCUT2D eigenvalue weighted by Crippen LogP contribution is 2.23. The molecule has 0 spiro atoms. The van der Waals surface area contributed by atoms with E-state index in [4.69, 9.17) is 11.5 Å². The van der Waals surface area contributed by atoms with Gasteiger partial charge in [-0.2, -0.15) is 0 Å². The predicted molar refractivity (Wildman–Crippen MR) is 80.9 cm³/mol. The molecule has 1 heterocycles. The number of nitrogens with zero attached hydrogens (tertiary/aromatic N) is 1. The highest BCUT2D eigenvalue weighted by atomic mass is 16.3. The molecular weight excluding hydrogens is 240 g/mol. The minimum atomic E-state index is -0.454. The highest BCUT2D eigenvalue weighted by Gasteiger charge is 2.16. The Bertz CT molecular complexity index is 382. The predicted octanol–water partition coefficient (Wildman–Crippen LogP) is 2.38. The van der Waals surface area contributed by atoms with Crippen molar-refractivity contribution < 1.29 is 5.11 Å². The molecule has 0 saturated heterocycles. The van der Waals surface area contributed by atoms with Gasteiger partial charge in [0.15, 0.2) is 5.82 Å². The van der Waals surface area contributed by atoms with Crippen molar-refractivity contribution in [3.05, 3.63) is 12.3 Å². The first-order chi connectivity index (χ1) is 9.06. The summed E-state index contributed by atoms with van der Waals surface area (Å²) in [5.41, 5.74) is 12.6. The summed E-state index contributed by atoms with van der Waals surface area (Å²) in [6.07, 6.45) is 6.75. The normalized spacial score (nSPS) is 14.1. The third kappa shape index (κ3) is 4.95. The average Bonchev–Trinajstić information content (AvgIpc) is 2.37. The summed E-state index contributed by atoms with van der Waals surface area (Å²) in [6, 6.07) is 1.62. The van der Waals surface area contributed by atoms with Crippen molar-refractivity contribution in [1.82, 2.24) is 4.98 Å². The van der Waals surface area contributed by atoms with E-state index >= 15 is 0 Å². The molecule has 108 valence electrons. The largest absolute Gasteiger partial charge is 0.397 e. The lowest BCUT2D eigenvalue weighted by Crippen LogP contribution is -2.32. The van der Waals surface area contributed by atoms with Gasteiger partial charge in [-0.25, -0.2) is 4.98 Å². The van der Waals surface area contributed by atoms with Crippen LogP contribution in [-0.4, -0.2) is 22.2 Å². The maximum absolute atomic E-state index is 9.83. The van der Waals surface area contributed by atoms with E-state index in [1.54, 1.807) is 19.2 Å². The fraction of sp³-hybridized carbons (Fsp3) is 0.643. The maximum atomic E-state index is 9.83. The minimum Gasteiger partial charge on any atom is -0.397 e. The van der Waals surface area contributed by atoms with Gasteiger partial charge in [0.2, 0.25) is 0 Å². The van der Waals surface area contributed by atoms with Gasteiger partial charge in [0.25, 0.3) is 0 Å². The van der Waals surface area contributed by atoms with Crippen LogP contribution in [0.25, 0.3) is 0 Å². The molecule has 1 aromatic rings. The number of hydrogen-bond donors (Lipinski definition) is 4. The van der Waals surface area contributed by atoms with Crippen LogP contribution in [0.4, 0.5) is 17.2 Å². The molecule has 0 amide bonds. The summed E-state index contributed by atoms with van der Waals surface area (Å²) in [7, 11) is 0. The van der Waals surface area contributed by atoms with Crippen molar-refractivity contribution in [2.24, 2.45) is 0 Å². The van der Waals surface area contributed by atoms with E-state index < -0.39 is 6.10 Å². The highest BCUT2D eigenvalue weighted by molar-refractivity contribution is 5.75. The van der Waals surface area contributed by atoms with Crippen LogP contribution in [-0.2, 0) is 0 Å². The molecule has 0 aromatic carbocycles. The molecule has 0 aliphatic heterocycles. The Kier molecular flexibility index (Phi) is 6.42. The Morgan fingerprint density at radius 1 is 1.32 bits per heavy atom. The number of aliphatic hydroxyl groups is 1. The fourth-order valence-electron chi connectivity index (χ4n) is 2.00. The number of aliphatic hydroxyl groups excluding tert-OH is 1. The topological polar surface area (TPSA) is 97.2 Å². The van der Waals surface area contributed by atoms with Gasteiger partial charge in [-0.05, 0) is 19.4 Å². The van der Waals surface area contributed by atoms with Crippen LogP contribution in [0.5, 0.6) is 0 Å². The zero-order valence-electron chi connectivity index (χ0n) is 11.9. The van der Waals surface area contributed by atoms with E-state index in [1.807, 2.05) is 0 Å². The second-order valence-electron chi connectivity index (χ2n) is 5.00. The molecule has 0 bridgehead atoms. The number of nitrogens with two attached hydrogens (primary N) is 2. The molecule has 0 fully saturated rings. The summed E-state index contributed by atoms with van der Waals surface area (Å²) in [4.78, 5) is 4.18. The molecule has 6 N–H and O–H groups in total. The monoisotopic (exact) mass is 266 g/mol. The molecule has 1 rings (SSSR count). The van der Waals surface area contributed by atoms with E-state index in [2.05, 4.69) is 17.2 Å². The Morgan fingerprint density at radius 2 is 2.05 bits per heavy atom. The van der Waals surface area contributed by atoms with Gasteiger partial charge in [-0.15, -0.1) is 0 Å². The quantitative estimate of drug-likeness (QED) is 0.542. The molecule has 5 heteroatoms. The average molecular weight is 266 g/mol. The summed E-state index contributed by atoms with van der Waals surface area (Å²) in [6.45, 7) is 3.96. The van der Waals surface area contributed by atoms with Crippen molar-refractivity contribution in [3.63, 3.8) is 0 Å². The van der Waals surface area contributed by atoms with Gasteiger partial charge in [-0.3, -0.25) is 0 Å². The first-order valence-electron chi connectivity index (χ1n) is 7.00. The van der Waals surface area contributed by atoms with Gasteiger partial charge >= 0.3 is 0 Å². The number of nitrogen functional groups attached to an aromatic ring is 2. The number of aromatic nitrogens is 1. The number of unbranched alkanes of at least 4 members (excludes halogenated alkanes) is 3. The van der Waals surface area contributed by atoms with Crippen molar-refractivity contribution in [2.75, 3.05) is 16.8 Å². The summed E-state index contributed by atoms with van der Waals surface area (Å²) in [5.74, 6) is 0.557. The van der Waals surface area contributed by atoms with E-state index in [-0.39, 0.29) is 6.04 Å². The second kappa shape index (κ2) is 7.84. The van der Waals surface area contributed by atoms with Gasteiger partial charge in [0.1, 0.15) is 0 Å². The van der Waals surface area contributed by atoms with Crippen molar-refractivity contribution in [1.29, 1.82) is 0 Å². The van der Waals surface area contributed by atoms with E-state index in [0.717, 1.165) is 12.8 Å². The van der Waals surface area contributed by atoms with E-state index in [1.165, 1.54) is 19.3 Å². The molecular formula is C14H26N4O. The lowest BCUT2D eigenvalue weighted by atomic mass is 10.0. The number of anilines is 3.